The van der Waals surface area contributed by atoms with Crippen molar-refractivity contribution in [2.24, 2.45) is 0 Å². The zero-order chi connectivity index (χ0) is 13.6. The second-order valence-corrected chi connectivity index (χ2v) is 5.34. The molecule has 0 aliphatic carbocycles. The van der Waals surface area contributed by atoms with E-state index in [9.17, 15) is 0 Å². The van der Waals surface area contributed by atoms with Crippen molar-refractivity contribution in [1.29, 1.82) is 0 Å². The van der Waals surface area contributed by atoms with Gasteiger partial charge in [0.15, 0.2) is 0 Å². The minimum Gasteiger partial charge on any atom is -0.347 e. The number of aromatic nitrogens is 3. The van der Waals surface area contributed by atoms with Crippen LogP contribution < -0.4 is 0 Å². The van der Waals surface area contributed by atoms with E-state index in [0.29, 0.717) is 0 Å². The number of aromatic amines is 1. The molecule has 2 aromatic rings. The van der Waals surface area contributed by atoms with Gasteiger partial charge in [-0.1, -0.05) is 6.07 Å². The molecule has 5 heteroatoms. The third-order valence-electron chi connectivity index (χ3n) is 3.76. The van der Waals surface area contributed by atoms with Crippen molar-refractivity contribution in [1.82, 2.24) is 24.8 Å². The fourth-order valence-corrected chi connectivity index (χ4v) is 2.70. The standard InChI is InChI=1S/C15H21N5/c1-3-14(9-16-4-1)11-19-5-2-6-20(8-7-19)12-15-10-17-13-18-15/h1,3-4,9-10,13H,2,5-8,11-12H2,(H,17,18). The highest BCUT2D eigenvalue weighted by molar-refractivity contribution is 5.08. The van der Waals surface area contributed by atoms with Gasteiger partial charge in [-0.15, -0.1) is 0 Å². The molecule has 0 spiro atoms. The van der Waals surface area contributed by atoms with Crippen LogP contribution in [0.25, 0.3) is 0 Å². The number of nitrogens with one attached hydrogen (secondary N) is 1. The number of hydrogen-bond acceptors (Lipinski definition) is 4. The zero-order valence-corrected chi connectivity index (χ0v) is 11.7. The molecule has 0 atom stereocenters. The Morgan fingerprint density at radius 1 is 1.00 bits per heavy atom. The average Bonchev–Trinajstić information content (AvgIpc) is 2.88. The molecule has 1 aliphatic rings. The van der Waals surface area contributed by atoms with Crippen molar-refractivity contribution in [3.8, 4) is 0 Å². The summed E-state index contributed by atoms with van der Waals surface area (Å²) in [6.45, 7) is 6.52. The van der Waals surface area contributed by atoms with Gasteiger partial charge in [-0.3, -0.25) is 14.8 Å². The van der Waals surface area contributed by atoms with Crippen LogP contribution in [0, 0.1) is 0 Å². The van der Waals surface area contributed by atoms with Crippen molar-refractivity contribution < 1.29 is 0 Å². The molecule has 2 aromatic heterocycles. The molecular formula is C15H21N5. The van der Waals surface area contributed by atoms with Crippen molar-refractivity contribution >= 4 is 0 Å². The summed E-state index contributed by atoms with van der Waals surface area (Å²) in [6, 6.07) is 4.16. The molecule has 0 unspecified atom stereocenters. The Morgan fingerprint density at radius 3 is 2.55 bits per heavy atom. The third-order valence-corrected chi connectivity index (χ3v) is 3.76. The first-order chi connectivity index (χ1) is 9.90. The van der Waals surface area contributed by atoms with Crippen LogP contribution in [0.5, 0.6) is 0 Å². The van der Waals surface area contributed by atoms with Crippen molar-refractivity contribution in [2.45, 2.75) is 19.5 Å². The van der Waals surface area contributed by atoms with Crippen LogP contribution in [0.15, 0.2) is 37.1 Å². The van der Waals surface area contributed by atoms with Crippen molar-refractivity contribution in [3.63, 3.8) is 0 Å². The van der Waals surface area contributed by atoms with Gasteiger partial charge in [0.25, 0.3) is 0 Å². The lowest BCUT2D eigenvalue weighted by Crippen LogP contribution is -2.30. The Bertz CT molecular complexity index is 496. The lowest BCUT2D eigenvalue weighted by atomic mass is 10.2. The van der Waals surface area contributed by atoms with Gasteiger partial charge in [0, 0.05) is 50.5 Å². The van der Waals surface area contributed by atoms with Crippen LogP contribution in [0.4, 0.5) is 0 Å². The van der Waals surface area contributed by atoms with E-state index in [4.69, 9.17) is 0 Å². The molecule has 1 fully saturated rings. The average molecular weight is 271 g/mol. The first kappa shape index (κ1) is 13.3. The molecule has 0 saturated carbocycles. The molecular weight excluding hydrogens is 250 g/mol. The molecule has 1 saturated heterocycles. The van der Waals surface area contributed by atoms with Gasteiger partial charge >= 0.3 is 0 Å². The van der Waals surface area contributed by atoms with Gasteiger partial charge in [0.2, 0.25) is 0 Å². The summed E-state index contributed by atoms with van der Waals surface area (Å²) in [6.07, 6.45) is 8.68. The largest absolute Gasteiger partial charge is 0.347 e. The van der Waals surface area contributed by atoms with Crippen molar-refractivity contribution in [2.75, 3.05) is 26.2 Å². The van der Waals surface area contributed by atoms with Gasteiger partial charge < -0.3 is 4.98 Å². The fourth-order valence-electron chi connectivity index (χ4n) is 2.70. The van der Waals surface area contributed by atoms with Gasteiger partial charge in [-0.25, -0.2) is 4.98 Å². The smallest absolute Gasteiger partial charge is 0.0922 e. The molecule has 3 heterocycles. The van der Waals surface area contributed by atoms with Gasteiger partial charge in [-0.05, 0) is 31.1 Å². The predicted molar refractivity (Wildman–Crippen MR) is 78.0 cm³/mol. The van der Waals surface area contributed by atoms with Crippen LogP contribution in [0.3, 0.4) is 0 Å². The Kier molecular flexibility index (Phi) is 4.40. The highest BCUT2D eigenvalue weighted by atomic mass is 15.2. The van der Waals surface area contributed by atoms with Gasteiger partial charge in [-0.2, -0.15) is 0 Å². The quantitative estimate of drug-likeness (QED) is 0.916. The summed E-state index contributed by atoms with van der Waals surface area (Å²) in [5, 5.41) is 0. The lowest BCUT2D eigenvalue weighted by molar-refractivity contribution is 0.245. The molecule has 20 heavy (non-hydrogen) atoms. The summed E-state index contributed by atoms with van der Waals surface area (Å²) in [5.74, 6) is 0. The molecule has 0 aromatic carbocycles. The third kappa shape index (κ3) is 3.65. The van der Waals surface area contributed by atoms with E-state index < -0.39 is 0 Å². The maximum absolute atomic E-state index is 4.19. The monoisotopic (exact) mass is 271 g/mol. The van der Waals surface area contributed by atoms with E-state index in [1.54, 1.807) is 6.33 Å². The molecule has 1 aliphatic heterocycles. The minimum absolute atomic E-state index is 0.973. The second-order valence-electron chi connectivity index (χ2n) is 5.34. The van der Waals surface area contributed by atoms with Gasteiger partial charge in [0.1, 0.15) is 0 Å². The molecule has 0 radical (unpaired) electrons. The number of nitrogens with zero attached hydrogens (tertiary/aromatic N) is 4. The molecule has 106 valence electrons. The van der Waals surface area contributed by atoms with Crippen molar-refractivity contribution in [3.05, 3.63) is 48.3 Å². The molecule has 0 bridgehead atoms. The number of imidazole rings is 1. The molecule has 5 nitrogen and oxygen atoms in total. The topological polar surface area (TPSA) is 48.1 Å². The minimum atomic E-state index is 0.973. The Hall–Kier alpha value is -1.72. The summed E-state index contributed by atoms with van der Waals surface area (Å²) in [5.41, 5.74) is 2.50. The SMILES string of the molecule is c1cncc(CN2CCCN(Cc3cnc[nH]3)CC2)c1. The van der Waals surface area contributed by atoms with E-state index in [2.05, 4.69) is 30.8 Å². The summed E-state index contributed by atoms with van der Waals surface area (Å²) >= 11 is 0. The summed E-state index contributed by atoms with van der Waals surface area (Å²) < 4.78 is 0. The van der Waals surface area contributed by atoms with E-state index in [1.165, 1.54) is 17.7 Å². The van der Waals surface area contributed by atoms with Crippen LogP contribution in [0.2, 0.25) is 0 Å². The maximum Gasteiger partial charge on any atom is 0.0922 e. The number of H-pyrrole nitrogens is 1. The number of hydrogen-bond donors (Lipinski definition) is 1. The number of pyridine rings is 1. The van der Waals surface area contributed by atoms with Crippen LogP contribution in [-0.4, -0.2) is 50.9 Å². The summed E-state index contributed by atoms with van der Waals surface area (Å²) in [4.78, 5) is 16.5. The van der Waals surface area contributed by atoms with E-state index >= 15 is 0 Å². The molecule has 1 N–H and O–H groups in total. The second kappa shape index (κ2) is 6.63. The molecule has 3 rings (SSSR count). The molecule has 0 amide bonds. The maximum atomic E-state index is 4.19. The zero-order valence-electron chi connectivity index (χ0n) is 11.7. The van der Waals surface area contributed by atoms with Crippen LogP contribution in [-0.2, 0) is 13.1 Å². The van der Waals surface area contributed by atoms with Crippen LogP contribution in [0.1, 0.15) is 17.7 Å². The van der Waals surface area contributed by atoms with Crippen LogP contribution >= 0.6 is 0 Å². The predicted octanol–water partition coefficient (Wildman–Crippen LogP) is 1.51. The number of rotatable bonds is 4. The fraction of sp³-hybridized carbons (Fsp3) is 0.467. The lowest BCUT2D eigenvalue weighted by Gasteiger charge is -2.21. The highest BCUT2D eigenvalue weighted by Gasteiger charge is 2.15. The first-order valence-electron chi connectivity index (χ1n) is 7.21. The van der Waals surface area contributed by atoms with E-state index in [1.807, 2.05) is 24.7 Å². The van der Waals surface area contributed by atoms with Gasteiger partial charge in [0.05, 0.1) is 6.33 Å². The Labute approximate surface area is 119 Å². The van der Waals surface area contributed by atoms with E-state index in [-0.39, 0.29) is 0 Å². The first-order valence-corrected chi connectivity index (χ1v) is 7.21. The summed E-state index contributed by atoms with van der Waals surface area (Å²) in [7, 11) is 0. The Balaban J connectivity index is 1.51. The normalized spacial score (nSPS) is 18.0. The Morgan fingerprint density at radius 2 is 1.85 bits per heavy atom. The van der Waals surface area contributed by atoms with E-state index in [0.717, 1.165) is 39.3 Å². The highest BCUT2D eigenvalue weighted by Crippen LogP contribution is 2.10.